The third-order valence-electron chi connectivity index (χ3n) is 4.49. The fraction of sp³-hybridized carbons (Fsp3) is 0.500. The minimum absolute atomic E-state index is 0.135. The molecule has 1 amide bonds. The van der Waals surface area contributed by atoms with Crippen LogP contribution in [0.1, 0.15) is 30.4 Å². The van der Waals surface area contributed by atoms with Gasteiger partial charge in [0.2, 0.25) is 5.91 Å². The Labute approximate surface area is 123 Å². The number of nitrogens with two attached hydrogens (primary N) is 1. The maximum atomic E-state index is 12.4. The highest BCUT2D eigenvalue weighted by molar-refractivity contribution is 5.85. The number of rotatable bonds is 4. The van der Waals surface area contributed by atoms with Gasteiger partial charge in [-0.2, -0.15) is 0 Å². The molecule has 1 unspecified atom stereocenters. The van der Waals surface area contributed by atoms with Crippen molar-refractivity contribution in [2.75, 3.05) is 0 Å². The zero-order chi connectivity index (χ0) is 15.0. The first-order chi connectivity index (χ1) is 10.1. The third-order valence-corrected chi connectivity index (χ3v) is 4.49. The fourth-order valence-electron chi connectivity index (χ4n) is 3.02. The van der Waals surface area contributed by atoms with Crippen LogP contribution in [-0.4, -0.2) is 34.0 Å². The number of carbonyl (C=O) groups is 2. The largest absolute Gasteiger partial charge is 0.480 e. The average molecular weight is 288 g/mol. The number of fused-ring (bicyclic) bond motifs is 1. The number of nitrogens with zero attached hydrogens (tertiary/aromatic N) is 1. The van der Waals surface area contributed by atoms with Gasteiger partial charge in [0.25, 0.3) is 0 Å². The number of benzene rings is 1. The van der Waals surface area contributed by atoms with Crippen molar-refractivity contribution in [2.45, 2.75) is 44.3 Å². The van der Waals surface area contributed by atoms with E-state index in [0.717, 1.165) is 24.0 Å². The highest BCUT2D eigenvalue weighted by Gasteiger charge is 2.37. The number of carboxylic acid groups (broad SMARTS) is 1. The van der Waals surface area contributed by atoms with E-state index in [4.69, 9.17) is 5.73 Å². The summed E-state index contributed by atoms with van der Waals surface area (Å²) < 4.78 is 0. The summed E-state index contributed by atoms with van der Waals surface area (Å²) in [5.41, 5.74) is 8.05. The molecule has 5 nitrogen and oxygen atoms in total. The maximum absolute atomic E-state index is 12.4. The van der Waals surface area contributed by atoms with Crippen LogP contribution in [0.5, 0.6) is 0 Å². The molecule has 0 spiro atoms. The molecule has 1 aliphatic heterocycles. The lowest BCUT2D eigenvalue weighted by molar-refractivity contribution is -0.151. The highest BCUT2D eigenvalue weighted by Crippen LogP contribution is 2.33. The summed E-state index contributed by atoms with van der Waals surface area (Å²) in [6, 6.07) is 6.79. The first kappa shape index (κ1) is 14.1. The van der Waals surface area contributed by atoms with E-state index in [2.05, 4.69) is 0 Å². The number of aliphatic carboxylic acids is 1. The van der Waals surface area contributed by atoms with Gasteiger partial charge in [-0.05, 0) is 29.9 Å². The lowest BCUT2D eigenvalue weighted by Gasteiger charge is -2.35. The lowest BCUT2D eigenvalue weighted by Crippen LogP contribution is -2.50. The summed E-state index contributed by atoms with van der Waals surface area (Å²) in [6.45, 7) is 0.364. The van der Waals surface area contributed by atoms with Gasteiger partial charge < -0.3 is 15.7 Å². The van der Waals surface area contributed by atoms with Crippen LogP contribution in [0.3, 0.4) is 0 Å². The first-order valence-electron chi connectivity index (χ1n) is 7.41. The van der Waals surface area contributed by atoms with E-state index in [0.29, 0.717) is 18.9 Å². The quantitative estimate of drug-likeness (QED) is 0.870. The molecule has 1 saturated carbocycles. The number of amides is 1. The SMILES string of the molecule is NC(CC(=O)N1Cc2ccccc2C[C@H]1C(=O)O)C1CC1. The predicted molar refractivity (Wildman–Crippen MR) is 77.4 cm³/mol. The second-order valence-electron chi connectivity index (χ2n) is 6.05. The Balaban J connectivity index is 1.78. The summed E-state index contributed by atoms with van der Waals surface area (Å²) >= 11 is 0. The van der Waals surface area contributed by atoms with Gasteiger partial charge in [-0.25, -0.2) is 4.79 Å². The molecular weight excluding hydrogens is 268 g/mol. The molecule has 1 heterocycles. The molecule has 0 saturated heterocycles. The maximum Gasteiger partial charge on any atom is 0.326 e. The van der Waals surface area contributed by atoms with Gasteiger partial charge in [0, 0.05) is 25.4 Å². The summed E-state index contributed by atoms with van der Waals surface area (Å²) in [6.07, 6.45) is 2.78. The molecule has 2 atom stereocenters. The molecule has 1 aromatic carbocycles. The Morgan fingerprint density at radius 3 is 2.57 bits per heavy atom. The van der Waals surface area contributed by atoms with E-state index in [9.17, 15) is 14.7 Å². The number of hydrogen-bond acceptors (Lipinski definition) is 3. The van der Waals surface area contributed by atoms with Gasteiger partial charge in [-0.15, -0.1) is 0 Å². The lowest BCUT2D eigenvalue weighted by atomic mass is 9.93. The van der Waals surface area contributed by atoms with Crippen LogP contribution in [0.25, 0.3) is 0 Å². The number of carbonyl (C=O) groups excluding carboxylic acids is 1. The standard InChI is InChI=1S/C16H20N2O3/c17-13(10-5-6-10)8-15(19)18-9-12-4-2-1-3-11(12)7-14(18)16(20)21/h1-4,10,13-14H,5-9,17H2,(H,20,21)/t13?,14-/m0/s1. The van der Waals surface area contributed by atoms with Crippen molar-refractivity contribution in [2.24, 2.45) is 11.7 Å². The molecule has 1 aliphatic carbocycles. The normalized spacial score (nSPS) is 22.5. The molecule has 3 rings (SSSR count). The third kappa shape index (κ3) is 2.93. The molecule has 3 N–H and O–H groups in total. The Morgan fingerprint density at radius 1 is 1.29 bits per heavy atom. The molecule has 21 heavy (non-hydrogen) atoms. The Bertz CT molecular complexity index is 568. The Morgan fingerprint density at radius 2 is 1.95 bits per heavy atom. The Kier molecular flexibility index (Phi) is 3.68. The number of hydrogen-bond donors (Lipinski definition) is 2. The van der Waals surface area contributed by atoms with Gasteiger partial charge in [-0.3, -0.25) is 4.79 Å². The van der Waals surface area contributed by atoms with E-state index in [1.165, 1.54) is 4.90 Å². The van der Waals surface area contributed by atoms with Gasteiger partial charge >= 0.3 is 5.97 Å². The first-order valence-corrected chi connectivity index (χ1v) is 7.41. The van der Waals surface area contributed by atoms with Crippen LogP contribution >= 0.6 is 0 Å². The number of carboxylic acids is 1. The smallest absolute Gasteiger partial charge is 0.326 e. The van der Waals surface area contributed by atoms with Crippen LogP contribution in [-0.2, 0) is 22.6 Å². The molecule has 1 fully saturated rings. The van der Waals surface area contributed by atoms with Crippen LogP contribution in [0.2, 0.25) is 0 Å². The van der Waals surface area contributed by atoms with E-state index >= 15 is 0 Å². The van der Waals surface area contributed by atoms with Crippen molar-refractivity contribution in [3.05, 3.63) is 35.4 Å². The average Bonchev–Trinajstić information content (AvgIpc) is 3.30. The van der Waals surface area contributed by atoms with Crippen molar-refractivity contribution in [3.8, 4) is 0 Å². The van der Waals surface area contributed by atoms with Crippen molar-refractivity contribution in [1.29, 1.82) is 0 Å². The van der Waals surface area contributed by atoms with Crippen molar-refractivity contribution < 1.29 is 14.7 Å². The van der Waals surface area contributed by atoms with E-state index in [1.54, 1.807) is 0 Å². The van der Waals surface area contributed by atoms with Crippen molar-refractivity contribution >= 4 is 11.9 Å². The molecular formula is C16H20N2O3. The predicted octanol–water partition coefficient (Wildman–Crippen LogP) is 1.15. The summed E-state index contributed by atoms with van der Waals surface area (Å²) in [4.78, 5) is 25.4. The van der Waals surface area contributed by atoms with E-state index in [-0.39, 0.29) is 18.4 Å². The zero-order valence-corrected chi connectivity index (χ0v) is 11.9. The molecule has 0 aromatic heterocycles. The van der Waals surface area contributed by atoms with Crippen molar-refractivity contribution in [3.63, 3.8) is 0 Å². The minimum atomic E-state index is -0.946. The van der Waals surface area contributed by atoms with Crippen LogP contribution in [0.15, 0.2) is 24.3 Å². The second kappa shape index (κ2) is 5.48. The second-order valence-corrected chi connectivity index (χ2v) is 6.05. The van der Waals surface area contributed by atoms with Gasteiger partial charge in [0.15, 0.2) is 0 Å². The molecule has 5 heteroatoms. The summed E-state index contributed by atoms with van der Waals surface area (Å²) in [7, 11) is 0. The van der Waals surface area contributed by atoms with Crippen LogP contribution < -0.4 is 5.73 Å². The van der Waals surface area contributed by atoms with Crippen molar-refractivity contribution in [1.82, 2.24) is 4.90 Å². The van der Waals surface area contributed by atoms with Gasteiger partial charge in [-0.1, -0.05) is 24.3 Å². The van der Waals surface area contributed by atoms with Crippen LogP contribution in [0, 0.1) is 5.92 Å². The minimum Gasteiger partial charge on any atom is -0.480 e. The molecule has 0 bridgehead atoms. The highest BCUT2D eigenvalue weighted by atomic mass is 16.4. The molecule has 1 aromatic rings. The van der Waals surface area contributed by atoms with E-state index in [1.807, 2.05) is 24.3 Å². The Hall–Kier alpha value is -1.88. The van der Waals surface area contributed by atoms with Crippen LogP contribution in [0.4, 0.5) is 0 Å². The topological polar surface area (TPSA) is 83.6 Å². The molecule has 0 radical (unpaired) electrons. The monoisotopic (exact) mass is 288 g/mol. The molecule has 112 valence electrons. The molecule has 2 aliphatic rings. The van der Waals surface area contributed by atoms with Gasteiger partial charge in [0.1, 0.15) is 6.04 Å². The summed E-state index contributed by atoms with van der Waals surface area (Å²) in [5, 5.41) is 9.41. The van der Waals surface area contributed by atoms with E-state index < -0.39 is 12.0 Å². The zero-order valence-electron chi connectivity index (χ0n) is 11.9. The van der Waals surface area contributed by atoms with Gasteiger partial charge in [0.05, 0.1) is 0 Å². The summed E-state index contributed by atoms with van der Waals surface area (Å²) in [5.74, 6) is -0.650. The fourth-order valence-corrected chi connectivity index (χ4v) is 3.02.